The molecule has 2 unspecified atom stereocenters. The minimum absolute atomic E-state index is 0.0354. The van der Waals surface area contributed by atoms with Crippen LogP contribution >= 0.6 is 0 Å². The summed E-state index contributed by atoms with van der Waals surface area (Å²) < 4.78 is 0. The van der Waals surface area contributed by atoms with Crippen molar-refractivity contribution in [1.82, 2.24) is 15.1 Å². The van der Waals surface area contributed by atoms with Gasteiger partial charge in [0.1, 0.15) is 0 Å². The molecule has 1 aliphatic heterocycles. The molecule has 4 heteroatoms. The summed E-state index contributed by atoms with van der Waals surface area (Å²) in [6, 6.07) is 1.39. The van der Waals surface area contributed by atoms with Gasteiger partial charge in [0.15, 0.2) is 0 Å². The van der Waals surface area contributed by atoms with Gasteiger partial charge in [-0.1, -0.05) is 6.92 Å². The Labute approximate surface area is 117 Å². The Hall–Kier alpha value is -0.160. The van der Waals surface area contributed by atoms with Crippen LogP contribution < -0.4 is 5.32 Å². The van der Waals surface area contributed by atoms with E-state index in [1.807, 2.05) is 0 Å². The van der Waals surface area contributed by atoms with E-state index in [1.54, 1.807) is 0 Å². The van der Waals surface area contributed by atoms with E-state index in [-0.39, 0.29) is 5.54 Å². The van der Waals surface area contributed by atoms with E-state index in [2.05, 4.69) is 22.0 Å². The maximum atomic E-state index is 9.80. The minimum atomic E-state index is 0.0354. The van der Waals surface area contributed by atoms with Crippen LogP contribution in [-0.2, 0) is 0 Å². The Morgan fingerprint density at radius 3 is 2.47 bits per heavy atom. The van der Waals surface area contributed by atoms with Crippen molar-refractivity contribution >= 4 is 0 Å². The van der Waals surface area contributed by atoms with E-state index in [0.29, 0.717) is 18.7 Å². The Balaban J connectivity index is 1.53. The maximum Gasteiger partial charge on any atom is 0.0614 e. The van der Waals surface area contributed by atoms with Gasteiger partial charge in [-0.15, -0.1) is 0 Å². The van der Waals surface area contributed by atoms with E-state index in [0.717, 1.165) is 12.8 Å². The van der Waals surface area contributed by atoms with Crippen molar-refractivity contribution in [2.24, 2.45) is 0 Å². The van der Waals surface area contributed by atoms with Gasteiger partial charge in [-0.2, -0.15) is 0 Å². The number of nitrogens with one attached hydrogen (secondary N) is 1. The number of hydrogen-bond acceptors (Lipinski definition) is 4. The highest BCUT2D eigenvalue weighted by atomic mass is 16.3. The Bertz CT molecular complexity index is 300. The lowest BCUT2D eigenvalue weighted by molar-refractivity contribution is 0.0906. The quantitative estimate of drug-likeness (QED) is 0.767. The fraction of sp³-hybridized carbons (Fsp3) is 1.00. The molecule has 3 aliphatic rings. The molecule has 0 aromatic rings. The van der Waals surface area contributed by atoms with Crippen molar-refractivity contribution < 1.29 is 5.11 Å². The first-order chi connectivity index (χ1) is 9.24. The zero-order valence-corrected chi connectivity index (χ0v) is 12.3. The number of hydrogen-bond donors (Lipinski definition) is 2. The molecule has 1 saturated heterocycles. The average molecular weight is 267 g/mol. The molecule has 2 saturated carbocycles. The minimum Gasteiger partial charge on any atom is -0.394 e. The number of nitrogens with zero attached hydrogens (tertiary/aromatic N) is 2. The lowest BCUT2D eigenvalue weighted by Crippen LogP contribution is -2.52. The zero-order chi connectivity index (χ0) is 13.3. The van der Waals surface area contributed by atoms with Crippen molar-refractivity contribution in [1.29, 1.82) is 0 Å². The molecule has 3 fully saturated rings. The molecule has 2 atom stereocenters. The summed E-state index contributed by atoms with van der Waals surface area (Å²) in [6.07, 6.45) is 6.17. The first-order valence-corrected chi connectivity index (χ1v) is 8.10. The first kappa shape index (κ1) is 13.8. The van der Waals surface area contributed by atoms with Crippen LogP contribution in [0, 0.1) is 0 Å². The van der Waals surface area contributed by atoms with Crippen molar-refractivity contribution in [2.45, 2.75) is 56.7 Å². The molecular formula is C15H29N3O. The van der Waals surface area contributed by atoms with E-state index in [9.17, 15) is 5.11 Å². The van der Waals surface area contributed by atoms with Crippen molar-refractivity contribution in [3.05, 3.63) is 0 Å². The highest BCUT2D eigenvalue weighted by molar-refractivity contribution is 5.03. The summed E-state index contributed by atoms with van der Waals surface area (Å²) in [4.78, 5) is 5.20. The van der Waals surface area contributed by atoms with Crippen LogP contribution in [0.1, 0.15) is 39.0 Å². The summed E-state index contributed by atoms with van der Waals surface area (Å²) in [7, 11) is 0. The van der Waals surface area contributed by atoms with Crippen LogP contribution in [0.25, 0.3) is 0 Å². The molecule has 2 N–H and O–H groups in total. The summed E-state index contributed by atoms with van der Waals surface area (Å²) in [5, 5.41) is 13.5. The Morgan fingerprint density at radius 2 is 1.89 bits per heavy atom. The number of aliphatic hydroxyl groups is 1. The number of aliphatic hydroxyl groups excluding tert-OH is 1. The van der Waals surface area contributed by atoms with Crippen molar-refractivity contribution in [3.63, 3.8) is 0 Å². The molecule has 3 rings (SSSR count). The molecule has 0 radical (unpaired) electrons. The summed E-state index contributed by atoms with van der Waals surface area (Å²) in [5.74, 6) is 0. The summed E-state index contributed by atoms with van der Waals surface area (Å²) in [6.45, 7) is 8.61. The third kappa shape index (κ3) is 3.13. The second-order valence-electron chi connectivity index (χ2n) is 6.72. The Kier molecular flexibility index (Phi) is 4.13. The van der Waals surface area contributed by atoms with Crippen LogP contribution in [-0.4, -0.2) is 71.9 Å². The van der Waals surface area contributed by atoms with Crippen LogP contribution in [0.2, 0.25) is 0 Å². The summed E-state index contributed by atoms with van der Waals surface area (Å²) in [5.41, 5.74) is 0.0354. The van der Waals surface area contributed by atoms with Gasteiger partial charge in [0, 0.05) is 43.8 Å². The molecule has 0 amide bonds. The zero-order valence-electron chi connectivity index (χ0n) is 12.3. The highest BCUT2D eigenvalue weighted by Crippen LogP contribution is 2.36. The van der Waals surface area contributed by atoms with Gasteiger partial charge in [0.25, 0.3) is 0 Å². The van der Waals surface area contributed by atoms with Crippen molar-refractivity contribution in [2.75, 3.05) is 39.3 Å². The third-order valence-corrected chi connectivity index (χ3v) is 5.34. The Morgan fingerprint density at radius 1 is 1.16 bits per heavy atom. The molecular weight excluding hydrogens is 238 g/mol. The second kappa shape index (κ2) is 5.68. The molecule has 19 heavy (non-hydrogen) atoms. The lowest BCUT2D eigenvalue weighted by Gasteiger charge is -2.38. The molecule has 1 heterocycles. The normalized spacial score (nSPS) is 37.9. The summed E-state index contributed by atoms with van der Waals surface area (Å²) >= 11 is 0. The molecule has 110 valence electrons. The largest absolute Gasteiger partial charge is 0.394 e. The van der Waals surface area contributed by atoms with Crippen LogP contribution in [0.3, 0.4) is 0 Å². The number of rotatable bonds is 5. The first-order valence-electron chi connectivity index (χ1n) is 8.10. The molecule has 0 aromatic carbocycles. The van der Waals surface area contributed by atoms with Gasteiger partial charge >= 0.3 is 0 Å². The number of piperazine rings is 1. The number of likely N-dealkylation sites (N-methyl/N-ethyl adjacent to an activating group) is 1. The van der Waals surface area contributed by atoms with Crippen LogP contribution in [0.15, 0.2) is 0 Å². The molecule has 0 bridgehead atoms. The van der Waals surface area contributed by atoms with Gasteiger partial charge in [-0.05, 0) is 38.6 Å². The monoisotopic (exact) mass is 267 g/mol. The van der Waals surface area contributed by atoms with Gasteiger partial charge in [-0.3, -0.25) is 4.90 Å². The third-order valence-electron chi connectivity index (χ3n) is 5.34. The maximum absolute atomic E-state index is 9.80. The van der Waals surface area contributed by atoms with Crippen LogP contribution in [0.5, 0.6) is 0 Å². The predicted molar refractivity (Wildman–Crippen MR) is 77.3 cm³/mol. The van der Waals surface area contributed by atoms with E-state index < -0.39 is 0 Å². The van der Waals surface area contributed by atoms with Gasteiger partial charge < -0.3 is 15.3 Å². The standard InChI is InChI=1S/C15H29N3O/c1-2-17-7-9-18(10-8-17)14-5-6-15(11-14,12-19)16-13-3-4-13/h13-14,16,19H,2-12H2,1H3. The molecule has 0 aromatic heterocycles. The fourth-order valence-corrected chi connectivity index (χ4v) is 3.84. The smallest absolute Gasteiger partial charge is 0.0614 e. The topological polar surface area (TPSA) is 38.7 Å². The molecule has 4 nitrogen and oxygen atoms in total. The second-order valence-corrected chi connectivity index (χ2v) is 6.72. The molecule has 0 spiro atoms. The molecule has 2 aliphatic carbocycles. The van der Waals surface area contributed by atoms with Gasteiger partial charge in [0.05, 0.1) is 6.61 Å². The van der Waals surface area contributed by atoms with E-state index in [4.69, 9.17) is 0 Å². The van der Waals surface area contributed by atoms with Crippen molar-refractivity contribution in [3.8, 4) is 0 Å². The van der Waals surface area contributed by atoms with Crippen LogP contribution in [0.4, 0.5) is 0 Å². The lowest BCUT2D eigenvalue weighted by atomic mass is 9.98. The highest BCUT2D eigenvalue weighted by Gasteiger charge is 2.43. The SMILES string of the molecule is CCN1CCN(C2CCC(CO)(NC3CC3)C2)CC1. The van der Waals surface area contributed by atoms with Gasteiger partial charge in [-0.25, -0.2) is 0 Å². The van der Waals surface area contributed by atoms with Gasteiger partial charge in [0.2, 0.25) is 0 Å². The predicted octanol–water partition coefficient (Wildman–Crippen LogP) is 0.660. The fourth-order valence-electron chi connectivity index (χ4n) is 3.84. The van der Waals surface area contributed by atoms with E-state index in [1.165, 1.54) is 52.0 Å². The van der Waals surface area contributed by atoms with E-state index >= 15 is 0 Å². The average Bonchev–Trinajstić information content (AvgIpc) is 3.16.